The summed E-state index contributed by atoms with van der Waals surface area (Å²) in [6.45, 7) is -0.244. The first-order chi connectivity index (χ1) is 14.6. The number of anilines is 1. The molecule has 1 aliphatic carbocycles. The van der Waals surface area contributed by atoms with Gasteiger partial charge in [-0.15, -0.1) is 0 Å². The van der Waals surface area contributed by atoms with Crippen LogP contribution in [-0.4, -0.2) is 20.9 Å². The normalized spacial score (nSPS) is 18.7. The van der Waals surface area contributed by atoms with E-state index in [1.165, 1.54) is 9.87 Å². The van der Waals surface area contributed by atoms with Crippen LogP contribution in [0.5, 0.6) is 0 Å². The second-order valence-corrected chi connectivity index (χ2v) is 9.57. The first kappa shape index (κ1) is 18.9. The van der Waals surface area contributed by atoms with E-state index >= 15 is 0 Å². The molecule has 0 radical (unpaired) electrons. The van der Waals surface area contributed by atoms with Gasteiger partial charge in [0.25, 0.3) is 10.0 Å². The first-order valence-electron chi connectivity index (χ1n) is 10.1. The summed E-state index contributed by atoms with van der Waals surface area (Å²) < 4.78 is 27.9. The van der Waals surface area contributed by atoms with Gasteiger partial charge in [-0.1, -0.05) is 60.7 Å². The third-order valence-electron chi connectivity index (χ3n) is 5.91. The molecule has 1 atom stereocenters. The predicted octanol–water partition coefficient (Wildman–Crippen LogP) is 4.06. The molecule has 0 spiro atoms. The lowest BCUT2D eigenvalue weighted by molar-refractivity contribution is -0.120. The number of sulfonamides is 1. The smallest absolute Gasteiger partial charge is 0.265 e. The van der Waals surface area contributed by atoms with Crippen molar-refractivity contribution in [2.75, 3.05) is 10.8 Å². The van der Waals surface area contributed by atoms with Crippen LogP contribution >= 0.6 is 0 Å². The summed E-state index contributed by atoms with van der Waals surface area (Å²) in [5, 5.41) is 3.07. The fourth-order valence-corrected chi connectivity index (χ4v) is 6.17. The molecule has 0 fully saturated rings. The molecule has 0 bridgehead atoms. The molecule has 0 saturated carbocycles. The molecule has 0 saturated heterocycles. The molecule has 3 aromatic rings. The van der Waals surface area contributed by atoms with Gasteiger partial charge in [0.05, 0.1) is 16.6 Å². The summed E-state index contributed by atoms with van der Waals surface area (Å²) in [6, 6.07) is 22.3. The van der Waals surface area contributed by atoms with Crippen LogP contribution in [0.25, 0.3) is 11.1 Å². The molecule has 3 aromatic carbocycles. The number of para-hydroxylation sites is 1. The van der Waals surface area contributed by atoms with Gasteiger partial charge in [-0.05, 0) is 42.5 Å². The topological polar surface area (TPSA) is 66.5 Å². The molecular weight excluding hydrogens is 396 g/mol. The summed E-state index contributed by atoms with van der Waals surface area (Å²) in [4.78, 5) is 13.2. The zero-order chi connectivity index (χ0) is 20.7. The van der Waals surface area contributed by atoms with Crippen molar-refractivity contribution in [2.24, 2.45) is 0 Å². The number of fused-ring (bicyclic) bond motifs is 4. The summed E-state index contributed by atoms with van der Waals surface area (Å²) in [6.07, 6.45) is 2.86. The number of aryl methyl sites for hydroxylation is 1. The number of nitrogens with zero attached hydrogens (tertiary/aromatic N) is 1. The Balaban J connectivity index is 1.46. The predicted molar refractivity (Wildman–Crippen MR) is 117 cm³/mol. The summed E-state index contributed by atoms with van der Waals surface area (Å²) in [5.41, 5.74) is 4.41. The molecule has 152 valence electrons. The van der Waals surface area contributed by atoms with Crippen molar-refractivity contribution in [1.29, 1.82) is 0 Å². The fourth-order valence-electron chi connectivity index (χ4n) is 4.53. The maximum Gasteiger partial charge on any atom is 0.265 e. The Morgan fingerprint density at radius 2 is 1.63 bits per heavy atom. The Bertz CT molecular complexity index is 1240. The molecule has 2 aliphatic rings. The number of hydrogen-bond donors (Lipinski definition) is 1. The zero-order valence-electron chi connectivity index (χ0n) is 16.4. The minimum absolute atomic E-state index is 0.0857. The van der Waals surface area contributed by atoms with Gasteiger partial charge >= 0.3 is 0 Å². The van der Waals surface area contributed by atoms with E-state index in [1.807, 2.05) is 42.5 Å². The Hall–Kier alpha value is -3.12. The van der Waals surface area contributed by atoms with Crippen molar-refractivity contribution in [1.82, 2.24) is 5.32 Å². The lowest BCUT2D eigenvalue weighted by Crippen LogP contribution is -2.43. The second-order valence-electron chi connectivity index (χ2n) is 7.74. The van der Waals surface area contributed by atoms with Crippen LogP contribution < -0.4 is 9.62 Å². The molecule has 1 N–H and O–H groups in total. The van der Waals surface area contributed by atoms with E-state index in [4.69, 9.17) is 0 Å². The van der Waals surface area contributed by atoms with Gasteiger partial charge < -0.3 is 5.32 Å². The van der Waals surface area contributed by atoms with Crippen LogP contribution in [0.15, 0.2) is 77.7 Å². The SMILES string of the molecule is O=C(CN1c2ccccc2-c2ccccc2S1(=O)=O)N[C@H]1CCCc2ccccc21. The highest BCUT2D eigenvalue weighted by molar-refractivity contribution is 7.93. The first-order valence-corrected chi connectivity index (χ1v) is 11.6. The second kappa shape index (κ2) is 7.29. The molecular formula is C24H22N2O3S. The van der Waals surface area contributed by atoms with Gasteiger partial charge in [0, 0.05) is 11.1 Å². The van der Waals surface area contributed by atoms with Crippen molar-refractivity contribution >= 4 is 21.6 Å². The highest BCUT2D eigenvalue weighted by Crippen LogP contribution is 2.42. The molecule has 6 heteroatoms. The minimum Gasteiger partial charge on any atom is -0.348 e. The number of rotatable bonds is 3. The van der Waals surface area contributed by atoms with Crippen molar-refractivity contribution in [3.8, 4) is 11.1 Å². The standard InChI is InChI=1S/C24H22N2O3S/c27-24(25-21-13-7-9-17-8-1-2-10-18(17)21)16-26-22-14-5-3-11-19(22)20-12-4-6-15-23(20)30(26,28)29/h1-6,8,10-12,14-15,21H,7,9,13,16H2,(H,25,27)/t21-/m0/s1. The van der Waals surface area contributed by atoms with E-state index in [-0.39, 0.29) is 23.4 Å². The van der Waals surface area contributed by atoms with E-state index in [1.54, 1.807) is 24.3 Å². The van der Waals surface area contributed by atoms with Crippen LogP contribution in [0.2, 0.25) is 0 Å². The van der Waals surface area contributed by atoms with Crippen LogP contribution in [0, 0.1) is 0 Å². The van der Waals surface area contributed by atoms with E-state index in [9.17, 15) is 13.2 Å². The maximum absolute atomic E-state index is 13.3. The van der Waals surface area contributed by atoms with Crippen LogP contribution in [0.4, 0.5) is 5.69 Å². The quantitative estimate of drug-likeness (QED) is 0.698. The van der Waals surface area contributed by atoms with Gasteiger partial charge in [-0.3, -0.25) is 9.10 Å². The average Bonchev–Trinajstić information content (AvgIpc) is 2.77. The van der Waals surface area contributed by atoms with Gasteiger partial charge in [-0.25, -0.2) is 8.42 Å². The molecule has 30 heavy (non-hydrogen) atoms. The number of amides is 1. The minimum atomic E-state index is -3.82. The largest absolute Gasteiger partial charge is 0.348 e. The summed E-state index contributed by atoms with van der Waals surface area (Å²) in [5.74, 6) is -0.297. The van der Waals surface area contributed by atoms with Gasteiger partial charge in [-0.2, -0.15) is 0 Å². The molecule has 0 unspecified atom stereocenters. The van der Waals surface area contributed by atoms with E-state index in [2.05, 4.69) is 11.4 Å². The number of benzene rings is 3. The molecule has 5 nitrogen and oxygen atoms in total. The third-order valence-corrected chi connectivity index (χ3v) is 7.73. The summed E-state index contributed by atoms with van der Waals surface area (Å²) >= 11 is 0. The Morgan fingerprint density at radius 3 is 2.50 bits per heavy atom. The van der Waals surface area contributed by atoms with Crippen molar-refractivity contribution in [3.63, 3.8) is 0 Å². The highest BCUT2D eigenvalue weighted by atomic mass is 32.2. The van der Waals surface area contributed by atoms with E-state index in [0.29, 0.717) is 11.3 Å². The molecule has 1 heterocycles. The summed E-state index contributed by atoms with van der Waals surface area (Å²) in [7, 11) is -3.82. The Kier molecular flexibility index (Phi) is 4.59. The van der Waals surface area contributed by atoms with Crippen LogP contribution in [0.1, 0.15) is 30.0 Å². The van der Waals surface area contributed by atoms with Crippen molar-refractivity contribution in [2.45, 2.75) is 30.2 Å². The van der Waals surface area contributed by atoms with Gasteiger partial charge in [0.15, 0.2) is 0 Å². The molecule has 0 aromatic heterocycles. The van der Waals surface area contributed by atoms with Gasteiger partial charge in [0.1, 0.15) is 6.54 Å². The number of carbonyl (C=O) groups excluding carboxylic acids is 1. The van der Waals surface area contributed by atoms with Crippen LogP contribution in [-0.2, 0) is 21.2 Å². The Labute approximate surface area is 176 Å². The highest BCUT2D eigenvalue weighted by Gasteiger charge is 2.36. The molecule has 1 aliphatic heterocycles. The molecule has 5 rings (SSSR count). The average molecular weight is 419 g/mol. The zero-order valence-corrected chi connectivity index (χ0v) is 17.2. The number of nitrogens with one attached hydrogen (secondary N) is 1. The van der Waals surface area contributed by atoms with E-state index in [0.717, 1.165) is 30.4 Å². The van der Waals surface area contributed by atoms with Crippen LogP contribution in [0.3, 0.4) is 0 Å². The third kappa shape index (κ3) is 3.08. The monoisotopic (exact) mass is 418 g/mol. The van der Waals surface area contributed by atoms with Gasteiger partial charge in [0.2, 0.25) is 5.91 Å². The van der Waals surface area contributed by atoms with E-state index < -0.39 is 10.0 Å². The number of hydrogen-bond acceptors (Lipinski definition) is 3. The maximum atomic E-state index is 13.3. The lowest BCUT2D eigenvalue weighted by Gasteiger charge is -2.32. The fraction of sp³-hybridized carbons (Fsp3) is 0.208. The molecule has 1 amide bonds. The Morgan fingerprint density at radius 1 is 0.933 bits per heavy atom. The van der Waals surface area contributed by atoms with Crippen molar-refractivity contribution in [3.05, 3.63) is 83.9 Å². The lowest BCUT2D eigenvalue weighted by atomic mass is 9.88. The van der Waals surface area contributed by atoms with Crippen molar-refractivity contribution < 1.29 is 13.2 Å². The number of carbonyl (C=O) groups is 1.